The highest BCUT2D eigenvalue weighted by Gasteiger charge is 2.04. The third-order valence-electron chi connectivity index (χ3n) is 4.48. The number of benzene rings is 2. The molecule has 30 heavy (non-hydrogen) atoms. The first kappa shape index (κ1) is 25.4. The maximum absolute atomic E-state index is 11.6. The molecule has 162 valence electrons. The molecule has 0 spiro atoms. The Hall–Kier alpha value is -0.840. The minimum absolute atomic E-state index is 0.164. The van der Waals surface area contributed by atoms with Gasteiger partial charge >= 0.3 is 0 Å². The highest BCUT2D eigenvalue weighted by atomic mass is 127. The fourth-order valence-corrected chi connectivity index (χ4v) is 3.59. The minimum atomic E-state index is 0.164. The van der Waals surface area contributed by atoms with E-state index < -0.39 is 0 Å². The first-order valence-corrected chi connectivity index (χ1v) is 13.2. The number of halogens is 2. The number of carbonyl (C=O) groups is 2. The van der Waals surface area contributed by atoms with Crippen LogP contribution in [0.2, 0.25) is 0 Å². The van der Waals surface area contributed by atoms with E-state index in [9.17, 15) is 9.59 Å². The predicted molar refractivity (Wildman–Crippen MR) is 137 cm³/mol. The molecule has 0 atom stereocenters. The monoisotopic (exact) mass is 634 g/mol. The molecule has 4 nitrogen and oxygen atoms in total. The number of hydrogen-bond acceptors (Lipinski definition) is 4. The van der Waals surface area contributed by atoms with Gasteiger partial charge in [-0.1, -0.05) is 93.7 Å². The van der Waals surface area contributed by atoms with Crippen LogP contribution in [-0.2, 0) is 32.3 Å². The average molecular weight is 634 g/mol. The van der Waals surface area contributed by atoms with E-state index in [1.54, 1.807) is 0 Å². The molecule has 0 saturated carbocycles. The second kappa shape index (κ2) is 15.0. The van der Waals surface area contributed by atoms with Gasteiger partial charge in [-0.2, -0.15) is 0 Å². The van der Waals surface area contributed by atoms with Gasteiger partial charge in [-0.15, -0.1) is 0 Å². The molecule has 0 fully saturated rings. The summed E-state index contributed by atoms with van der Waals surface area (Å²) in [5.74, 6) is 0.328. The summed E-state index contributed by atoms with van der Waals surface area (Å²) in [5, 5.41) is 0. The second-order valence-corrected chi connectivity index (χ2v) is 9.20. The van der Waals surface area contributed by atoms with Crippen LogP contribution in [-0.4, -0.2) is 33.6 Å². The molecule has 2 aromatic rings. The molecule has 0 amide bonds. The van der Waals surface area contributed by atoms with Gasteiger partial charge in [0.25, 0.3) is 0 Å². The van der Waals surface area contributed by atoms with Gasteiger partial charge in [-0.3, -0.25) is 9.59 Å². The summed E-state index contributed by atoms with van der Waals surface area (Å²) in [5.41, 5.74) is 4.35. The fraction of sp³-hybridized carbons (Fsp3) is 0.417. The normalized spacial score (nSPS) is 10.9. The first-order valence-electron chi connectivity index (χ1n) is 10.1. The third-order valence-corrected chi connectivity index (χ3v) is 6.01. The topological polar surface area (TPSA) is 52.6 Å². The van der Waals surface area contributed by atoms with Gasteiger partial charge in [0.15, 0.2) is 11.6 Å². The van der Waals surface area contributed by atoms with Crippen LogP contribution in [0.1, 0.15) is 36.8 Å². The van der Waals surface area contributed by atoms with Crippen molar-refractivity contribution < 1.29 is 19.1 Å². The van der Waals surface area contributed by atoms with E-state index in [4.69, 9.17) is 9.47 Å². The number of carbonyl (C=O) groups excluding carboxylic acids is 2. The largest absolute Gasteiger partial charge is 0.369 e. The Bertz CT molecular complexity index is 705. The van der Waals surface area contributed by atoms with Crippen molar-refractivity contribution in [1.82, 2.24) is 0 Å². The summed E-state index contributed by atoms with van der Waals surface area (Å²) in [6, 6.07) is 16.4. The van der Waals surface area contributed by atoms with Gasteiger partial charge in [0, 0.05) is 12.8 Å². The Morgan fingerprint density at radius 3 is 1.33 bits per heavy atom. The molecule has 0 saturated heterocycles. The molecule has 2 rings (SSSR count). The smallest absolute Gasteiger partial charge is 0.158 e. The summed E-state index contributed by atoms with van der Waals surface area (Å²) < 4.78 is 13.0. The van der Waals surface area contributed by atoms with Crippen molar-refractivity contribution in [3.8, 4) is 11.1 Å². The lowest BCUT2D eigenvalue weighted by Crippen LogP contribution is -2.08. The zero-order chi connectivity index (χ0) is 21.6. The van der Waals surface area contributed by atoms with E-state index in [1.165, 1.54) is 0 Å². The average Bonchev–Trinajstić information content (AvgIpc) is 2.77. The summed E-state index contributed by atoms with van der Waals surface area (Å²) in [6.07, 6.45) is 3.02. The Balaban J connectivity index is 1.76. The molecular formula is C24H28I2O4. The van der Waals surface area contributed by atoms with Gasteiger partial charge in [-0.25, -0.2) is 0 Å². The number of rotatable bonds is 15. The van der Waals surface area contributed by atoms with Gasteiger partial charge in [0.2, 0.25) is 0 Å². The molecular weight excluding hydrogens is 606 g/mol. The molecule has 0 radical (unpaired) electrons. The Kier molecular flexibility index (Phi) is 12.7. The van der Waals surface area contributed by atoms with Crippen molar-refractivity contribution in [3.63, 3.8) is 0 Å². The van der Waals surface area contributed by atoms with Crippen molar-refractivity contribution in [2.75, 3.05) is 22.1 Å². The molecule has 0 aliphatic rings. The highest BCUT2D eigenvalue weighted by molar-refractivity contribution is 14.1. The molecule has 0 aliphatic carbocycles. The number of ketones is 2. The number of alkyl halides is 2. The van der Waals surface area contributed by atoms with Crippen LogP contribution in [0.5, 0.6) is 0 Å². The van der Waals surface area contributed by atoms with E-state index in [0.29, 0.717) is 26.1 Å². The van der Waals surface area contributed by atoms with Gasteiger partial charge in [-0.05, 0) is 44.0 Å². The van der Waals surface area contributed by atoms with Crippen molar-refractivity contribution in [2.45, 2.75) is 38.9 Å². The fourth-order valence-electron chi connectivity index (χ4n) is 2.82. The summed E-state index contributed by atoms with van der Waals surface area (Å²) in [6.45, 7) is 1.27. The van der Waals surface area contributed by atoms with E-state index >= 15 is 0 Å². The Morgan fingerprint density at radius 2 is 1.00 bits per heavy atom. The van der Waals surface area contributed by atoms with Crippen molar-refractivity contribution in [2.24, 2.45) is 0 Å². The van der Waals surface area contributed by atoms with Gasteiger partial charge in [0.1, 0.15) is 13.2 Å². The Labute approximate surface area is 206 Å². The molecule has 6 heteroatoms. The lowest BCUT2D eigenvalue weighted by atomic mass is 10.0. The predicted octanol–water partition coefficient (Wildman–Crippen LogP) is 5.96. The molecule has 0 heterocycles. The lowest BCUT2D eigenvalue weighted by Gasteiger charge is -2.08. The molecule has 0 unspecified atom stereocenters. The Morgan fingerprint density at radius 1 is 0.633 bits per heavy atom. The molecule has 0 bridgehead atoms. The number of Topliss-reactive ketones (excluding diaryl/α,β-unsaturated/α-hetero) is 2. The highest BCUT2D eigenvalue weighted by Crippen LogP contribution is 2.21. The van der Waals surface area contributed by atoms with Crippen LogP contribution in [0.3, 0.4) is 0 Å². The van der Waals surface area contributed by atoms with Gasteiger partial charge in [0.05, 0.1) is 13.2 Å². The van der Waals surface area contributed by atoms with Crippen LogP contribution in [0.25, 0.3) is 11.1 Å². The maximum Gasteiger partial charge on any atom is 0.158 e. The van der Waals surface area contributed by atoms with Crippen LogP contribution >= 0.6 is 45.2 Å². The van der Waals surface area contributed by atoms with E-state index in [0.717, 1.165) is 44.0 Å². The molecule has 0 aliphatic heterocycles. The zero-order valence-electron chi connectivity index (χ0n) is 17.1. The number of hydrogen-bond donors (Lipinski definition) is 0. The summed E-state index contributed by atoms with van der Waals surface area (Å²) in [7, 11) is 0. The van der Waals surface area contributed by atoms with E-state index in [-0.39, 0.29) is 24.8 Å². The van der Waals surface area contributed by atoms with Crippen LogP contribution in [0.4, 0.5) is 0 Å². The van der Waals surface area contributed by atoms with Crippen molar-refractivity contribution in [3.05, 3.63) is 59.7 Å². The third kappa shape index (κ3) is 9.98. The quantitative estimate of drug-likeness (QED) is 0.180. The zero-order valence-corrected chi connectivity index (χ0v) is 21.4. The van der Waals surface area contributed by atoms with Crippen LogP contribution in [0, 0.1) is 0 Å². The van der Waals surface area contributed by atoms with Crippen LogP contribution in [0.15, 0.2) is 48.5 Å². The summed E-state index contributed by atoms with van der Waals surface area (Å²) >= 11 is 4.55. The standard InChI is InChI=1S/C24H28I2O4/c25-13-1-3-23(27)17-29-15-19-5-9-21(10-6-19)22-11-7-20(8-12-22)16-30-18-24(28)4-2-14-26/h5-12H,1-4,13-18H2. The van der Waals surface area contributed by atoms with Crippen LogP contribution < -0.4 is 0 Å². The minimum Gasteiger partial charge on any atom is -0.369 e. The molecule has 0 N–H and O–H groups in total. The second-order valence-electron chi connectivity index (χ2n) is 7.04. The van der Waals surface area contributed by atoms with Crippen molar-refractivity contribution >= 4 is 56.7 Å². The molecule has 0 aromatic heterocycles. The van der Waals surface area contributed by atoms with Crippen molar-refractivity contribution in [1.29, 1.82) is 0 Å². The van der Waals surface area contributed by atoms with Gasteiger partial charge < -0.3 is 9.47 Å². The SMILES string of the molecule is O=C(CCCI)COCc1ccc(-c2ccc(COCC(=O)CCCI)cc2)cc1. The first-order chi connectivity index (χ1) is 14.6. The van der Waals surface area contributed by atoms with E-state index in [1.807, 2.05) is 24.3 Å². The van der Waals surface area contributed by atoms with E-state index in [2.05, 4.69) is 69.4 Å². The molecule has 2 aromatic carbocycles. The lowest BCUT2D eigenvalue weighted by molar-refractivity contribution is -0.124. The summed E-state index contributed by atoms with van der Waals surface area (Å²) in [4.78, 5) is 23.3. The maximum atomic E-state index is 11.6. The number of ether oxygens (including phenoxy) is 2.